The summed E-state index contributed by atoms with van der Waals surface area (Å²) in [5, 5.41) is 13.9. The Morgan fingerprint density at radius 3 is 2.38 bits per heavy atom. The number of rotatable bonds is 3. The average Bonchev–Trinajstić information content (AvgIpc) is 3.52. The molecule has 1 atom stereocenters. The first-order valence-electron chi connectivity index (χ1n) is 14.9. The minimum Gasteiger partial charge on any atom is -0.505 e. The van der Waals surface area contributed by atoms with Crippen LogP contribution in [0.5, 0.6) is 5.75 Å². The molecule has 222 valence electrons. The normalized spacial score (nSPS) is 22.1. The number of amides is 3. The first-order chi connectivity index (χ1) is 20.3. The third kappa shape index (κ3) is 6.94. The number of hydrogen-bond acceptors (Lipinski definition) is 6. The molecule has 9 heteroatoms. The van der Waals surface area contributed by atoms with Crippen LogP contribution in [0.4, 0.5) is 9.18 Å². The zero-order valence-electron chi connectivity index (χ0n) is 24.5. The number of carbonyl (C=O) groups is 2. The lowest BCUT2D eigenvalue weighted by Crippen LogP contribution is -2.50. The number of benzene rings is 2. The molecule has 3 heterocycles. The van der Waals surface area contributed by atoms with E-state index in [4.69, 9.17) is 0 Å². The van der Waals surface area contributed by atoms with Crippen LogP contribution >= 0.6 is 0 Å². The van der Waals surface area contributed by atoms with Gasteiger partial charge >= 0.3 is 6.03 Å². The first-order valence-corrected chi connectivity index (χ1v) is 14.9. The third-order valence-electron chi connectivity index (χ3n) is 8.55. The molecule has 8 nitrogen and oxygen atoms in total. The number of halogens is 1. The van der Waals surface area contributed by atoms with Crippen LogP contribution in [-0.2, 0) is 17.9 Å². The maximum absolute atomic E-state index is 13.6. The van der Waals surface area contributed by atoms with Crippen LogP contribution in [0.2, 0.25) is 0 Å². The molecule has 42 heavy (non-hydrogen) atoms. The topological polar surface area (TPSA) is 88.1 Å². The van der Waals surface area contributed by atoms with Crippen LogP contribution in [0.3, 0.4) is 0 Å². The highest BCUT2D eigenvalue weighted by molar-refractivity contribution is 6.05. The van der Waals surface area contributed by atoms with Gasteiger partial charge in [0.25, 0.3) is 5.91 Å². The summed E-state index contributed by atoms with van der Waals surface area (Å²) in [6.07, 6.45) is 8.84. The highest BCUT2D eigenvalue weighted by Gasteiger charge is 2.28. The molecule has 2 saturated heterocycles. The van der Waals surface area contributed by atoms with Crippen LogP contribution in [0.1, 0.15) is 61.3 Å². The molecule has 1 unspecified atom stereocenters. The lowest BCUT2D eigenvalue weighted by atomic mass is 9.94. The van der Waals surface area contributed by atoms with Gasteiger partial charge < -0.3 is 15.3 Å². The van der Waals surface area contributed by atoms with E-state index in [1.54, 1.807) is 6.07 Å². The number of urea groups is 1. The molecule has 3 amide bonds. The second-order valence-electron chi connectivity index (χ2n) is 11.4. The lowest BCUT2D eigenvalue weighted by Gasteiger charge is -2.40. The molecular weight excluding hydrogens is 533 g/mol. The van der Waals surface area contributed by atoms with Gasteiger partial charge in [-0.05, 0) is 49.1 Å². The summed E-state index contributed by atoms with van der Waals surface area (Å²) >= 11 is 0. The zero-order chi connectivity index (χ0) is 29.6. The molecule has 3 N–H and O–H groups in total. The van der Waals surface area contributed by atoms with E-state index < -0.39 is 17.9 Å². The summed E-state index contributed by atoms with van der Waals surface area (Å²) in [6.45, 7) is 8.17. The maximum atomic E-state index is 13.6. The number of hydrogen-bond donors (Lipinski definition) is 3. The van der Waals surface area contributed by atoms with Crippen molar-refractivity contribution in [1.82, 2.24) is 25.3 Å². The van der Waals surface area contributed by atoms with Crippen LogP contribution in [0, 0.1) is 17.7 Å². The van der Waals surface area contributed by atoms with Gasteiger partial charge in [-0.25, -0.2) is 9.18 Å². The number of phenols is 1. The monoisotopic (exact) mass is 573 g/mol. The van der Waals surface area contributed by atoms with Crippen molar-refractivity contribution in [3.8, 4) is 17.6 Å². The van der Waals surface area contributed by atoms with Crippen molar-refractivity contribution in [2.45, 2.75) is 64.2 Å². The van der Waals surface area contributed by atoms with Gasteiger partial charge in [-0.2, -0.15) is 0 Å². The number of nitrogens with one attached hydrogen (secondary N) is 2. The second kappa shape index (κ2) is 13.4. The van der Waals surface area contributed by atoms with E-state index in [9.17, 15) is 19.1 Å². The fourth-order valence-electron chi connectivity index (χ4n) is 6.27. The smallest absolute Gasteiger partial charge is 0.322 e. The van der Waals surface area contributed by atoms with Gasteiger partial charge in [-0.15, -0.1) is 0 Å². The van der Waals surface area contributed by atoms with Crippen LogP contribution < -0.4 is 10.6 Å². The van der Waals surface area contributed by atoms with Crippen molar-refractivity contribution >= 4 is 17.6 Å². The Hall–Kier alpha value is -3.87. The molecule has 1 aliphatic carbocycles. The summed E-state index contributed by atoms with van der Waals surface area (Å²) in [7, 11) is 1.91. The molecular formula is C33H40FN5O3. The lowest BCUT2D eigenvalue weighted by molar-refractivity contribution is -0.119. The number of imide groups is 1. The molecule has 1 saturated carbocycles. The number of carbonyl (C=O) groups excluding carboxylic acids is 2. The summed E-state index contributed by atoms with van der Waals surface area (Å²) in [5.74, 6) is 4.59. The second-order valence-corrected chi connectivity index (χ2v) is 11.4. The minimum atomic E-state index is -0.757. The molecule has 0 bridgehead atoms. The molecule has 0 spiro atoms. The van der Waals surface area contributed by atoms with E-state index in [2.05, 4.69) is 44.4 Å². The van der Waals surface area contributed by atoms with Gasteiger partial charge in [0.15, 0.2) is 17.6 Å². The molecule has 2 aromatic rings. The van der Waals surface area contributed by atoms with E-state index in [0.29, 0.717) is 12.1 Å². The number of allylic oxidation sites excluding steroid dienone is 1. The summed E-state index contributed by atoms with van der Waals surface area (Å²) in [4.78, 5) is 29.8. The van der Waals surface area contributed by atoms with Gasteiger partial charge in [0.1, 0.15) is 0 Å². The maximum Gasteiger partial charge on any atom is 0.322 e. The SMILES string of the molecule is C/C=C1\c2c(ccc(O)c2F)CN1C.O=C1NC(=O)C(C#Cc2ccc(CN3CCN(C4CCCCC4)CC3)cc2)N1. The quantitative estimate of drug-likeness (QED) is 0.380. The largest absolute Gasteiger partial charge is 0.505 e. The Balaban J connectivity index is 0.000000211. The van der Waals surface area contributed by atoms with Crippen LogP contribution in [0.25, 0.3) is 5.70 Å². The minimum absolute atomic E-state index is 0.279. The van der Waals surface area contributed by atoms with Crippen molar-refractivity contribution in [2.24, 2.45) is 0 Å². The summed E-state index contributed by atoms with van der Waals surface area (Å²) in [5.41, 5.74) is 4.43. The van der Waals surface area contributed by atoms with E-state index in [-0.39, 0.29) is 11.7 Å². The third-order valence-corrected chi connectivity index (χ3v) is 8.55. The number of phenolic OH excluding ortho intramolecular Hbond substituents is 1. The van der Waals surface area contributed by atoms with Gasteiger partial charge in [-0.1, -0.05) is 55.4 Å². The Kier molecular flexibility index (Phi) is 9.45. The number of aromatic hydroxyl groups is 1. The standard InChI is InChI=1S/C22H28N4O2.C11H12FNO/c27-21-20(23-22(28)24-21)11-10-17-6-8-18(9-7-17)16-25-12-14-26(15-13-25)19-4-2-1-3-5-19;1-3-8-10-7(6-13(8)2)4-5-9(14)11(10)12/h6-9,19-20H,1-5,12-16H2,(H2,23,24,27,28);3-5,14H,6H2,1-2H3/b;8-3+. The van der Waals surface area contributed by atoms with E-state index >= 15 is 0 Å². The molecule has 2 aromatic carbocycles. The van der Waals surface area contributed by atoms with Gasteiger partial charge in [0.2, 0.25) is 0 Å². The van der Waals surface area contributed by atoms with E-state index in [1.807, 2.05) is 37.1 Å². The number of piperazine rings is 1. The molecule has 0 aromatic heterocycles. The molecule has 0 radical (unpaired) electrons. The van der Waals surface area contributed by atoms with Gasteiger partial charge in [-0.3, -0.25) is 19.9 Å². The fraction of sp³-hybridized carbons (Fsp3) is 0.455. The molecule has 3 fully saturated rings. The zero-order valence-corrected chi connectivity index (χ0v) is 24.5. The predicted octanol–water partition coefficient (Wildman–Crippen LogP) is 4.03. The number of fused-ring (bicyclic) bond motifs is 1. The molecule has 4 aliphatic rings. The summed E-state index contributed by atoms with van der Waals surface area (Å²) < 4.78 is 13.6. The van der Waals surface area contributed by atoms with E-state index in [1.165, 1.54) is 56.8 Å². The van der Waals surface area contributed by atoms with Crippen molar-refractivity contribution < 1.29 is 19.1 Å². The Morgan fingerprint density at radius 2 is 1.74 bits per heavy atom. The Morgan fingerprint density at radius 1 is 1.02 bits per heavy atom. The van der Waals surface area contributed by atoms with Gasteiger partial charge in [0, 0.05) is 69.2 Å². The van der Waals surface area contributed by atoms with Crippen LogP contribution in [-0.4, -0.2) is 77.1 Å². The van der Waals surface area contributed by atoms with Crippen molar-refractivity contribution in [2.75, 3.05) is 33.2 Å². The molecule has 6 rings (SSSR count). The highest BCUT2D eigenvalue weighted by Crippen LogP contribution is 2.36. The van der Waals surface area contributed by atoms with Crippen LogP contribution in [0.15, 0.2) is 42.5 Å². The Bertz CT molecular complexity index is 1380. The van der Waals surface area contributed by atoms with Crippen molar-refractivity contribution in [1.29, 1.82) is 0 Å². The van der Waals surface area contributed by atoms with Crippen molar-refractivity contribution in [3.05, 3.63) is 70.5 Å². The average molecular weight is 574 g/mol. The van der Waals surface area contributed by atoms with Crippen molar-refractivity contribution in [3.63, 3.8) is 0 Å². The molecule has 3 aliphatic heterocycles. The Labute approximate surface area is 247 Å². The summed E-state index contributed by atoms with van der Waals surface area (Å²) in [6, 6.07) is 10.9. The van der Waals surface area contributed by atoms with Gasteiger partial charge in [0.05, 0.1) is 0 Å². The predicted molar refractivity (Wildman–Crippen MR) is 161 cm³/mol. The first kappa shape index (κ1) is 29.6. The highest BCUT2D eigenvalue weighted by atomic mass is 19.1. The van der Waals surface area contributed by atoms with E-state index in [0.717, 1.165) is 42.5 Å². The fourth-order valence-corrected chi connectivity index (χ4v) is 6.27. The number of nitrogens with zero attached hydrogens (tertiary/aromatic N) is 3.